The number of nitrogens with two attached hydrogens (primary N) is 1. The summed E-state index contributed by atoms with van der Waals surface area (Å²) in [5.41, 5.74) is 6.12. The molecule has 0 amide bonds. The summed E-state index contributed by atoms with van der Waals surface area (Å²) in [6, 6.07) is 0.306. The zero-order valence-electron chi connectivity index (χ0n) is 4.26. The molecule has 0 aliphatic carbocycles. The number of allylic oxidation sites excluding steroid dienone is 1. The Balaban J connectivity index is 2.69. The molecule has 0 saturated heterocycles. The molecular weight excluding hydrogens is 88.1 g/mol. The summed E-state index contributed by atoms with van der Waals surface area (Å²) in [7, 11) is 0. The summed E-state index contributed by atoms with van der Waals surface area (Å²) in [6.07, 6.45) is 3.60. The largest absolute Gasteiger partial charge is 0.398 e. The fourth-order valence-electron chi connectivity index (χ4n) is 0.568. The highest BCUT2D eigenvalue weighted by Crippen LogP contribution is 1.99. The molecule has 0 fully saturated rings. The molecule has 2 nitrogen and oxygen atoms in total. The summed E-state index contributed by atoms with van der Waals surface area (Å²) in [6.45, 7) is 2.00. The van der Waals surface area contributed by atoms with Gasteiger partial charge in [0, 0.05) is 11.9 Å². The molecule has 1 unspecified atom stereocenters. The SMILES string of the molecule is CC1C=C(N)C=N1. The van der Waals surface area contributed by atoms with Crippen LogP contribution in [0.5, 0.6) is 0 Å². The lowest BCUT2D eigenvalue weighted by Crippen LogP contribution is -1.93. The van der Waals surface area contributed by atoms with Gasteiger partial charge in [-0.05, 0) is 13.0 Å². The van der Waals surface area contributed by atoms with E-state index in [0.717, 1.165) is 5.70 Å². The minimum Gasteiger partial charge on any atom is -0.398 e. The van der Waals surface area contributed by atoms with Gasteiger partial charge in [0.25, 0.3) is 0 Å². The molecule has 7 heavy (non-hydrogen) atoms. The maximum absolute atomic E-state index is 5.34. The molecule has 0 aromatic heterocycles. The minimum atomic E-state index is 0.306. The van der Waals surface area contributed by atoms with Crippen LogP contribution in [0, 0.1) is 0 Å². The maximum Gasteiger partial charge on any atom is 0.0675 e. The second-order valence-electron chi connectivity index (χ2n) is 1.69. The minimum absolute atomic E-state index is 0.306. The Bertz CT molecular complexity index is 124. The van der Waals surface area contributed by atoms with Crippen molar-refractivity contribution in [2.24, 2.45) is 10.7 Å². The average Bonchev–Trinajstić information content (AvgIpc) is 1.87. The van der Waals surface area contributed by atoms with Crippen molar-refractivity contribution >= 4 is 6.21 Å². The van der Waals surface area contributed by atoms with E-state index in [4.69, 9.17) is 5.73 Å². The number of aliphatic imine (C=N–C) groups is 1. The molecule has 1 aliphatic rings. The van der Waals surface area contributed by atoms with E-state index in [1.54, 1.807) is 6.21 Å². The highest BCUT2D eigenvalue weighted by atomic mass is 14.8. The molecule has 1 rings (SSSR count). The Morgan fingerprint density at radius 2 is 2.57 bits per heavy atom. The van der Waals surface area contributed by atoms with Gasteiger partial charge in [0.1, 0.15) is 0 Å². The normalized spacial score (nSPS) is 28.1. The third-order valence-corrected chi connectivity index (χ3v) is 0.892. The maximum atomic E-state index is 5.34. The van der Waals surface area contributed by atoms with E-state index in [1.807, 2.05) is 13.0 Å². The number of hydrogen-bond acceptors (Lipinski definition) is 2. The Morgan fingerprint density at radius 3 is 2.71 bits per heavy atom. The summed E-state index contributed by atoms with van der Waals surface area (Å²) in [4.78, 5) is 3.97. The van der Waals surface area contributed by atoms with Crippen molar-refractivity contribution in [1.82, 2.24) is 0 Å². The monoisotopic (exact) mass is 96.1 g/mol. The molecule has 1 atom stereocenters. The molecule has 2 heteroatoms. The summed E-state index contributed by atoms with van der Waals surface area (Å²) >= 11 is 0. The first-order valence-electron chi connectivity index (χ1n) is 2.29. The van der Waals surface area contributed by atoms with Crippen molar-refractivity contribution in [3.05, 3.63) is 11.8 Å². The first kappa shape index (κ1) is 4.37. The van der Waals surface area contributed by atoms with Gasteiger partial charge in [0.05, 0.1) is 6.04 Å². The molecule has 0 saturated carbocycles. The number of rotatable bonds is 0. The van der Waals surface area contributed by atoms with Crippen molar-refractivity contribution in [2.45, 2.75) is 13.0 Å². The summed E-state index contributed by atoms with van der Waals surface area (Å²) in [5.74, 6) is 0. The van der Waals surface area contributed by atoms with Crippen molar-refractivity contribution in [3.8, 4) is 0 Å². The average molecular weight is 96.1 g/mol. The van der Waals surface area contributed by atoms with Crippen LogP contribution in [0.2, 0.25) is 0 Å². The van der Waals surface area contributed by atoms with Crippen molar-refractivity contribution < 1.29 is 0 Å². The second kappa shape index (κ2) is 1.37. The fourth-order valence-corrected chi connectivity index (χ4v) is 0.568. The van der Waals surface area contributed by atoms with E-state index < -0.39 is 0 Å². The van der Waals surface area contributed by atoms with Crippen molar-refractivity contribution in [1.29, 1.82) is 0 Å². The van der Waals surface area contributed by atoms with E-state index in [9.17, 15) is 0 Å². The van der Waals surface area contributed by atoms with Gasteiger partial charge in [0.15, 0.2) is 0 Å². The Morgan fingerprint density at radius 1 is 1.86 bits per heavy atom. The Labute approximate surface area is 42.7 Å². The first-order chi connectivity index (χ1) is 3.29. The second-order valence-corrected chi connectivity index (χ2v) is 1.69. The van der Waals surface area contributed by atoms with Crippen LogP contribution in [-0.4, -0.2) is 12.3 Å². The molecule has 0 aromatic carbocycles. The van der Waals surface area contributed by atoms with Gasteiger partial charge in [-0.15, -0.1) is 0 Å². The highest BCUT2D eigenvalue weighted by molar-refractivity contribution is 5.79. The van der Waals surface area contributed by atoms with Gasteiger partial charge in [0.2, 0.25) is 0 Å². The predicted octanol–water partition coefficient (Wildman–Crippen LogP) is 0.302. The van der Waals surface area contributed by atoms with Crippen LogP contribution in [0.3, 0.4) is 0 Å². The lowest BCUT2D eigenvalue weighted by atomic mass is 10.3. The van der Waals surface area contributed by atoms with Gasteiger partial charge < -0.3 is 5.73 Å². The smallest absolute Gasteiger partial charge is 0.0675 e. The molecule has 38 valence electrons. The predicted molar refractivity (Wildman–Crippen MR) is 30.2 cm³/mol. The quantitative estimate of drug-likeness (QED) is 0.463. The zero-order chi connectivity index (χ0) is 5.28. The molecule has 0 aromatic rings. The van der Waals surface area contributed by atoms with Gasteiger partial charge in [-0.3, -0.25) is 4.99 Å². The van der Waals surface area contributed by atoms with E-state index in [-0.39, 0.29) is 0 Å². The topological polar surface area (TPSA) is 38.4 Å². The highest BCUT2D eigenvalue weighted by Gasteiger charge is 1.98. The molecule has 1 heterocycles. The van der Waals surface area contributed by atoms with Crippen LogP contribution in [0.1, 0.15) is 6.92 Å². The summed E-state index contributed by atoms with van der Waals surface area (Å²) in [5, 5.41) is 0. The third-order valence-electron chi connectivity index (χ3n) is 0.892. The standard InChI is InChI=1S/C5H8N2/c1-4-2-5(6)3-7-4/h2-4H,6H2,1H3. The molecule has 0 bridgehead atoms. The van der Waals surface area contributed by atoms with E-state index in [0.29, 0.717) is 6.04 Å². The molecule has 0 radical (unpaired) electrons. The number of hydrogen-bond donors (Lipinski definition) is 1. The lowest BCUT2D eigenvalue weighted by Gasteiger charge is -1.84. The Hall–Kier alpha value is -0.790. The third kappa shape index (κ3) is 0.796. The van der Waals surface area contributed by atoms with Crippen molar-refractivity contribution in [2.75, 3.05) is 0 Å². The van der Waals surface area contributed by atoms with Crippen LogP contribution >= 0.6 is 0 Å². The van der Waals surface area contributed by atoms with Crippen molar-refractivity contribution in [3.63, 3.8) is 0 Å². The Kier molecular flexibility index (Phi) is 0.855. The van der Waals surface area contributed by atoms with Crippen LogP contribution in [-0.2, 0) is 0 Å². The fraction of sp³-hybridized carbons (Fsp3) is 0.400. The van der Waals surface area contributed by atoms with E-state index >= 15 is 0 Å². The van der Waals surface area contributed by atoms with Gasteiger partial charge in [-0.2, -0.15) is 0 Å². The summed E-state index contributed by atoms with van der Waals surface area (Å²) < 4.78 is 0. The zero-order valence-corrected chi connectivity index (χ0v) is 4.26. The molecule has 1 aliphatic heterocycles. The number of nitrogens with zero attached hydrogens (tertiary/aromatic N) is 1. The first-order valence-corrected chi connectivity index (χ1v) is 2.29. The molecular formula is C5H8N2. The van der Waals surface area contributed by atoms with Crippen LogP contribution in [0.15, 0.2) is 16.8 Å². The van der Waals surface area contributed by atoms with E-state index in [2.05, 4.69) is 4.99 Å². The van der Waals surface area contributed by atoms with Crippen LogP contribution in [0.25, 0.3) is 0 Å². The van der Waals surface area contributed by atoms with Crippen LogP contribution in [0.4, 0.5) is 0 Å². The van der Waals surface area contributed by atoms with Crippen LogP contribution < -0.4 is 5.73 Å². The molecule has 0 spiro atoms. The molecule has 2 N–H and O–H groups in total. The van der Waals surface area contributed by atoms with E-state index in [1.165, 1.54) is 0 Å². The van der Waals surface area contributed by atoms with Gasteiger partial charge >= 0.3 is 0 Å². The van der Waals surface area contributed by atoms with Gasteiger partial charge in [-0.25, -0.2) is 0 Å². The lowest BCUT2D eigenvalue weighted by molar-refractivity contribution is 0.948. The van der Waals surface area contributed by atoms with Gasteiger partial charge in [-0.1, -0.05) is 0 Å².